The molecule has 2 aromatic heterocycles. The third-order valence-corrected chi connectivity index (χ3v) is 4.59. The Kier molecular flexibility index (Phi) is 5.39. The predicted molar refractivity (Wildman–Crippen MR) is 105 cm³/mol. The first-order chi connectivity index (χ1) is 14.1. The fourth-order valence-corrected chi connectivity index (χ4v) is 3.20. The standard InChI is InChI=1S/C20H22N6O3/c1-26(2)18(13-5-6-15-16(10-13)29-12-28-15)20(27)22-9-7-17-23-19(25-24-17)14-4-3-8-21-11-14/h3-6,8,10-11,18H,7,9,12H2,1-2H3,(H,22,27)(H,23,24,25). The van der Waals surface area contributed by atoms with Crippen LogP contribution in [0.1, 0.15) is 17.4 Å². The van der Waals surface area contributed by atoms with Crippen LogP contribution in [0.5, 0.6) is 11.5 Å². The second kappa shape index (κ2) is 8.27. The SMILES string of the molecule is CN(C)C(C(=O)NCCc1nc(-c2cccnc2)n[nH]1)c1ccc2c(c1)OCO2. The maximum atomic E-state index is 12.8. The molecule has 0 fully saturated rings. The molecule has 3 heterocycles. The number of carbonyl (C=O) groups is 1. The molecule has 4 rings (SSSR count). The van der Waals surface area contributed by atoms with Crippen LogP contribution in [0.4, 0.5) is 0 Å². The highest BCUT2D eigenvalue weighted by Crippen LogP contribution is 2.35. The molecule has 1 aliphatic heterocycles. The molecule has 0 spiro atoms. The van der Waals surface area contributed by atoms with Crippen LogP contribution in [-0.2, 0) is 11.2 Å². The van der Waals surface area contributed by atoms with E-state index in [1.54, 1.807) is 12.4 Å². The summed E-state index contributed by atoms with van der Waals surface area (Å²) in [5, 5.41) is 10.1. The van der Waals surface area contributed by atoms with Crippen LogP contribution in [-0.4, -0.2) is 58.4 Å². The van der Waals surface area contributed by atoms with E-state index in [4.69, 9.17) is 9.47 Å². The zero-order valence-electron chi connectivity index (χ0n) is 16.3. The third-order valence-electron chi connectivity index (χ3n) is 4.59. The minimum Gasteiger partial charge on any atom is -0.454 e. The second-order valence-corrected chi connectivity index (χ2v) is 6.87. The van der Waals surface area contributed by atoms with Gasteiger partial charge < -0.3 is 14.8 Å². The third kappa shape index (κ3) is 4.19. The van der Waals surface area contributed by atoms with Gasteiger partial charge in [0.15, 0.2) is 17.3 Å². The zero-order chi connectivity index (χ0) is 20.2. The van der Waals surface area contributed by atoms with Crippen LogP contribution in [0.3, 0.4) is 0 Å². The number of pyridine rings is 1. The van der Waals surface area contributed by atoms with Gasteiger partial charge in [0.05, 0.1) is 0 Å². The summed E-state index contributed by atoms with van der Waals surface area (Å²) >= 11 is 0. The maximum Gasteiger partial charge on any atom is 0.241 e. The summed E-state index contributed by atoms with van der Waals surface area (Å²) in [6, 6.07) is 8.86. The van der Waals surface area contributed by atoms with Crippen LogP contribution in [0, 0.1) is 0 Å². The van der Waals surface area contributed by atoms with Crippen molar-refractivity contribution >= 4 is 5.91 Å². The number of hydrogen-bond acceptors (Lipinski definition) is 7. The van der Waals surface area contributed by atoms with E-state index in [2.05, 4.69) is 25.5 Å². The fourth-order valence-electron chi connectivity index (χ4n) is 3.20. The van der Waals surface area contributed by atoms with E-state index in [0.717, 1.165) is 11.1 Å². The molecule has 1 amide bonds. The van der Waals surface area contributed by atoms with Crippen molar-refractivity contribution in [2.75, 3.05) is 27.4 Å². The van der Waals surface area contributed by atoms with Crippen molar-refractivity contribution in [3.63, 3.8) is 0 Å². The van der Waals surface area contributed by atoms with Gasteiger partial charge in [-0.25, -0.2) is 4.98 Å². The van der Waals surface area contributed by atoms with Gasteiger partial charge in [-0.1, -0.05) is 6.07 Å². The van der Waals surface area contributed by atoms with Gasteiger partial charge in [0.2, 0.25) is 12.7 Å². The normalized spacial score (nSPS) is 13.5. The number of H-pyrrole nitrogens is 1. The lowest BCUT2D eigenvalue weighted by Gasteiger charge is -2.24. The number of aromatic amines is 1. The van der Waals surface area contributed by atoms with E-state index < -0.39 is 6.04 Å². The van der Waals surface area contributed by atoms with Crippen LogP contribution >= 0.6 is 0 Å². The number of fused-ring (bicyclic) bond motifs is 1. The summed E-state index contributed by atoms with van der Waals surface area (Å²) in [5.74, 6) is 2.55. The van der Waals surface area contributed by atoms with Gasteiger partial charge in [0.25, 0.3) is 0 Å². The van der Waals surface area contributed by atoms with Crippen molar-refractivity contribution in [1.82, 2.24) is 30.4 Å². The molecule has 2 N–H and O–H groups in total. The van der Waals surface area contributed by atoms with E-state index in [9.17, 15) is 4.79 Å². The molecular weight excluding hydrogens is 372 g/mol. The van der Waals surface area contributed by atoms with Crippen LogP contribution in [0.15, 0.2) is 42.7 Å². The van der Waals surface area contributed by atoms with Crippen molar-refractivity contribution in [3.05, 3.63) is 54.1 Å². The summed E-state index contributed by atoms with van der Waals surface area (Å²) in [4.78, 5) is 23.2. The smallest absolute Gasteiger partial charge is 0.241 e. The Morgan fingerprint density at radius 2 is 2.14 bits per heavy atom. The highest BCUT2D eigenvalue weighted by atomic mass is 16.7. The Morgan fingerprint density at radius 3 is 2.93 bits per heavy atom. The molecule has 0 aliphatic carbocycles. The van der Waals surface area contributed by atoms with E-state index >= 15 is 0 Å². The number of rotatable bonds is 7. The van der Waals surface area contributed by atoms with Gasteiger partial charge in [-0.05, 0) is 43.9 Å². The zero-order valence-corrected chi connectivity index (χ0v) is 16.3. The molecule has 1 aromatic carbocycles. The summed E-state index contributed by atoms with van der Waals surface area (Å²) in [7, 11) is 3.73. The van der Waals surface area contributed by atoms with Gasteiger partial charge in [0, 0.05) is 30.9 Å². The molecule has 1 atom stereocenters. The summed E-state index contributed by atoms with van der Waals surface area (Å²) in [6.45, 7) is 0.644. The van der Waals surface area contributed by atoms with Crippen molar-refractivity contribution in [2.24, 2.45) is 0 Å². The van der Waals surface area contributed by atoms with Crippen molar-refractivity contribution in [2.45, 2.75) is 12.5 Å². The number of carbonyl (C=O) groups excluding carboxylic acids is 1. The van der Waals surface area contributed by atoms with Gasteiger partial charge in [-0.2, -0.15) is 5.10 Å². The van der Waals surface area contributed by atoms with E-state index in [-0.39, 0.29) is 12.7 Å². The van der Waals surface area contributed by atoms with Crippen molar-refractivity contribution in [1.29, 1.82) is 0 Å². The van der Waals surface area contributed by atoms with Crippen LogP contribution < -0.4 is 14.8 Å². The molecule has 3 aromatic rings. The Labute approximate surface area is 168 Å². The van der Waals surface area contributed by atoms with Gasteiger partial charge in [-0.15, -0.1) is 0 Å². The topological polar surface area (TPSA) is 105 Å². The molecule has 29 heavy (non-hydrogen) atoms. The molecular formula is C20H22N6O3. The Balaban J connectivity index is 1.37. The lowest BCUT2D eigenvalue weighted by Crippen LogP contribution is -2.38. The molecule has 9 heteroatoms. The summed E-state index contributed by atoms with van der Waals surface area (Å²) in [5.41, 5.74) is 1.68. The number of amides is 1. The monoisotopic (exact) mass is 394 g/mol. The molecule has 0 saturated carbocycles. The molecule has 1 aliphatic rings. The average Bonchev–Trinajstić information content (AvgIpc) is 3.37. The lowest BCUT2D eigenvalue weighted by atomic mass is 10.0. The number of likely N-dealkylation sites (N-methyl/N-ethyl adjacent to an activating group) is 1. The van der Waals surface area contributed by atoms with Crippen molar-refractivity contribution < 1.29 is 14.3 Å². The fraction of sp³-hybridized carbons (Fsp3) is 0.300. The Hall–Kier alpha value is -3.46. The molecule has 0 bridgehead atoms. The molecule has 1 unspecified atom stereocenters. The quantitative estimate of drug-likeness (QED) is 0.626. The van der Waals surface area contributed by atoms with Gasteiger partial charge in [-0.3, -0.25) is 19.8 Å². The molecule has 0 radical (unpaired) electrons. The predicted octanol–water partition coefficient (Wildman–Crippen LogP) is 1.56. The van der Waals surface area contributed by atoms with Crippen molar-refractivity contribution in [3.8, 4) is 22.9 Å². The van der Waals surface area contributed by atoms with Crippen LogP contribution in [0.25, 0.3) is 11.4 Å². The number of ether oxygens (including phenoxy) is 2. The number of aromatic nitrogens is 4. The number of nitrogens with one attached hydrogen (secondary N) is 2. The second-order valence-electron chi connectivity index (χ2n) is 6.87. The Bertz CT molecular complexity index is 989. The number of hydrogen-bond donors (Lipinski definition) is 2. The first-order valence-corrected chi connectivity index (χ1v) is 9.27. The maximum absolute atomic E-state index is 12.8. The molecule has 150 valence electrons. The molecule has 9 nitrogen and oxygen atoms in total. The van der Waals surface area contributed by atoms with E-state index in [1.165, 1.54) is 0 Å². The Morgan fingerprint density at radius 1 is 1.28 bits per heavy atom. The first kappa shape index (κ1) is 18.9. The molecule has 0 saturated heterocycles. The number of nitrogens with zero attached hydrogens (tertiary/aromatic N) is 4. The van der Waals surface area contributed by atoms with Gasteiger partial charge in [0.1, 0.15) is 11.9 Å². The van der Waals surface area contributed by atoms with E-state index in [0.29, 0.717) is 36.1 Å². The summed E-state index contributed by atoms with van der Waals surface area (Å²) < 4.78 is 10.8. The summed E-state index contributed by atoms with van der Waals surface area (Å²) in [6.07, 6.45) is 3.95. The van der Waals surface area contributed by atoms with Gasteiger partial charge >= 0.3 is 0 Å². The van der Waals surface area contributed by atoms with Crippen LogP contribution in [0.2, 0.25) is 0 Å². The first-order valence-electron chi connectivity index (χ1n) is 9.27. The minimum atomic E-state index is -0.440. The highest BCUT2D eigenvalue weighted by Gasteiger charge is 2.25. The largest absolute Gasteiger partial charge is 0.454 e. The number of benzene rings is 1. The minimum absolute atomic E-state index is 0.0964. The van der Waals surface area contributed by atoms with E-state index in [1.807, 2.05) is 49.3 Å². The lowest BCUT2D eigenvalue weighted by molar-refractivity contribution is -0.125. The average molecular weight is 394 g/mol. The highest BCUT2D eigenvalue weighted by molar-refractivity contribution is 5.83.